The quantitative estimate of drug-likeness (QED) is 0.254. The highest BCUT2D eigenvalue weighted by Gasteiger charge is 2.11. The summed E-state index contributed by atoms with van der Waals surface area (Å²) >= 11 is 3.33. The van der Waals surface area contributed by atoms with Crippen molar-refractivity contribution >= 4 is 21.6 Å². The summed E-state index contributed by atoms with van der Waals surface area (Å²) in [5, 5.41) is 11.3. The summed E-state index contributed by atoms with van der Waals surface area (Å²) in [7, 11) is 0. The minimum Gasteiger partial charge on any atom is -0.493 e. The van der Waals surface area contributed by atoms with Crippen LogP contribution in [-0.2, 0) is 5.33 Å². The zero-order valence-electron chi connectivity index (χ0n) is 9.89. The molecule has 0 aliphatic carbocycles. The summed E-state index contributed by atoms with van der Waals surface area (Å²) in [5.41, 5.74) is 0.941. The van der Waals surface area contributed by atoms with Crippen LogP contribution in [0.2, 0.25) is 0 Å². The van der Waals surface area contributed by atoms with Crippen LogP contribution in [0, 0.1) is 22.5 Å². The number of halogens is 1. The van der Waals surface area contributed by atoms with Crippen LogP contribution in [0.25, 0.3) is 0 Å². The SMILES string of the molecule is C#CCCCCOc1cc([N+](=O)[O-])ccc1CBr. The smallest absolute Gasteiger partial charge is 0.273 e. The Hall–Kier alpha value is -1.54. The highest BCUT2D eigenvalue weighted by molar-refractivity contribution is 9.08. The van der Waals surface area contributed by atoms with E-state index in [0.717, 1.165) is 24.8 Å². The molecule has 0 radical (unpaired) electrons. The predicted octanol–water partition coefficient (Wildman–Crippen LogP) is 3.67. The lowest BCUT2D eigenvalue weighted by atomic mass is 10.2. The molecule has 0 unspecified atom stereocenters. The molecule has 5 heteroatoms. The van der Waals surface area contributed by atoms with Gasteiger partial charge in [-0.05, 0) is 18.9 Å². The van der Waals surface area contributed by atoms with Gasteiger partial charge in [0.15, 0.2) is 0 Å². The van der Waals surface area contributed by atoms with Crippen LogP contribution >= 0.6 is 15.9 Å². The van der Waals surface area contributed by atoms with Gasteiger partial charge in [0.2, 0.25) is 0 Å². The Morgan fingerprint density at radius 1 is 1.44 bits per heavy atom. The first-order valence-electron chi connectivity index (χ1n) is 5.58. The first-order valence-corrected chi connectivity index (χ1v) is 6.70. The molecule has 1 rings (SSSR count). The summed E-state index contributed by atoms with van der Waals surface area (Å²) in [6.45, 7) is 0.517. The fourth-order valence-corrected chi connectivity index (χ4v) is 1.88. The maximum absolute atomic E-state index is 10.7. The Morgan fingerprint density at radius 3 is 2.83 bits per heavy atom. The fraction of sp³-hybridized carbons (Fsp3) is 0.385. The Morgan fingerprint density at radius 2 is 2.22 bits per heavy atom. The van der Waals surface area contributed by atoms with E-state index in [9.17, 15) is 10.1 Å². The van der Waals surface area contributed by atoms with Crippen molar-refractivity contribution in [1.29, 1.82) is 0 Å². The van der Waals surface area contributed by atoms with E-state index in [4.69, 9.17) is 11.2 Å². The maximum Gasteiger partial charge on any atom is 0.273 e. The third-order valence-corrected chi connectivity index (χ3v) is 2.98. The van der Waals surface area contributed by atoms with E-state index in [1.165, 1.54) is 12.1 Å². The van der Waals surface area contributed by atoms with Gasteiger partial charge in [-0.15, -0.1) is 12.3 Å². The lowest BCUT2D eigenvalue weighted by molar-refractivity contribution is -0.384. The number of nitro benzene ring substituents is 1. The number of alkyl halides is 1. The highest BCUT2D eigenvalue weighted by atomic mass is 79.9. The van der Waals surface area contributed by atoms with E-state index in [2.05, 4.69) is 21.9 Å². The molecule has 4 nitrogen and oxygen atoms in total. The third-order valence-electron chi connectivity index (χ3n) is 2.38. The number of hydrogen-bond donors (Lipinski definition) is 0. The molecule has 0 bridgehead atoms. The van der Waals surface area contributed by atoms with Crippen molar-refractivity contribution in [3.8, 4) is 18.1 Å². The zero-order valence-corrected chi connectivity index (χ0v) is 11.5. The second kappa shape index (κ2) is 7.72. The molecule has 0 aromatic heterocycles. The van der Waals surface area contributed by atoms with Crippen molar-refractivity contribution in [2.45, 2.75) is 24.6 Å². The number of nitro groups is 1. The van der Waals surface area contributed by atoms with Crippen LogP contribution in [0.3, 0.4) is 0 Å². The van der Waals surface area contributed by atoms with E-state index in [0.29, 0.717) is 17.7 Å². The number of terminal acetylenes is 1. The molecule has 0 heterocycles. The molecular formula is C13H14BrNO3. The molecule has 0 amide bonds. The van der Waals surface area contributed by atoms with Gasteiger partial charge >= 0.3 is 0 Å². The average Bonchev–Trinajstić information content (AvgIpc) is 2.38. The standard InChI is InChI=1S/C13H14BrNO3/c1-2-3-4-5-8-18-13-9-12(15(16)17)7-6-11(13)10-14/h1,6-7,9H,3-5,8,10H2. The molecule has 1 aromatic rings. The van der Waals surface area contributed by atoms with Crippen molar-refractivity contribution in [2.75, 3.05) is 6.61 Å². The van der Waals surface area contributed by atoms with Crippen molar-refractivity contribution in [3.63, 3.8) is 0 Å². The van der Waals surface area contributed by atoms with Gasteiger partial charge in [0, 0.05) is 23.4 Å². The fourth-order valence-electron chi connectivity index (χ4n) is 1.41. The van der Waals surface area contributed by atoms with Crippen LogP contribution in [0.15, 0.2) is 18.2 Å². The summed E-state index contributed by atoms with van der Waals surface area (Å²) in [4.78, 5) is 10.3. The lowest BCUT2D eigenvalue weighted by Crippen LogP contribution is -2.00. The van der Waals surface area contributed by atoms with Gasteiger partial charge in [0.1, 0.15) is 5.75 Å². The number of non-ortho nitro benzene ring substituents is 1. The number of rotatable bonds is 7. The van der Waals surface area contributed by atoms with Crippen LogP contribution < -0.4 is 4.74 Å². The molecule has 96 valence electrons. The van der Waals surface area contributed by atoms with Crippen molar-refractivity contribution in [3.05, 3.63) is 33.9 Å². The average molecular weight is 312 g/mol. The van der Waals surface area contributed by atoms with E-state index in [-0.39, 0.29) is 5.69 Å². The maximum atomic E-state index is 10.7. The molecule has 0 N–H and O–H groups in total. The van der Waals surface area contributed by atoms with Gasteiger partial charge in [-0.1, -0.05) is 15.9 Å². The summed E-state index contributed by atoms with van der Waals surface area (Å²) in [6.07, 6.45) is 7.61. The largest absolute Gasteiger partial charge is 0.493 e. The van der Waals surface area contributed by atoms with Crippen LogP contribution in [-0.4, -0.2) is 11.5 Å². The molecule has 0 fully saturated rings. The van der Waals surface area contributed by atoms with Gasteiger partial charge in [-0.2, -0.15) is 0 Å². The molecule has 0 saturated carbocycles. The van der Waals surface area contributed by atoms with E-state index in [1.807, 2.05) is 0 Å². The van der Waals surface area contributed by atoms with Gasteiger partial charge in [0.25, 0.3) is 5.69 Å². The number of nitrogens with zero attached hydrogens (tertiary/aromatic N) is 1. The van der Waals surface area contributed by atoms with E-state index < -0.39 is 4.92 Å². The van der Waals surface area contributed by atoms with Gasteiger partial charge < -0.3 is 4.74 Å². The lowest BCUT2D eigenvalue weighted by Gasteiger charge is -2.09. The Kier molecular flexibility index (Phi) is 6.23. The Balaban J connectivity index is 2.64. The molecule has 0 saturated heterocycles. The van der Waals surface area contributed by atoms with Crippen LogP contribution in [0.5, 0.6) is 5.75 Å². The molecule has 0 spiro atoms. The molecule has 0 aliphatic rings. The Bertz CT molecular complexity index is 454. The minimum absolute atomic E-state index is 0.0401. The predicted molar refractivity (Wildman–Crippen MR) is 73.9 cm³/mol. The van der Waals surface area contributed by atoms with Crippen molar-refractivity contribution in [1.82, 2.24) is 0 Å². The normalized spacial score (nSPS) is 9.78. The number of benzene rings is 1. The Labute approximate surface area is 115 Å². The summed E-state index contributed by atoms with van der Waals surface area (Å²) in [5.74, 6) is 3.12. The van der Waals surface area contributed by atoms with Gasteiger partial charge in [-0.25, -0.2) is 0 Å². The number of hydrogen-bond acceptors (Lipinski definition) is 3. The van der Waals surface area contributed by atoms with E-state index in [1.54, 1.807) is 6.07 Å². The third kappa shape index (κ3) is 4.38. The summed E-state index contributed by atoms with van der Waals surface area (Å²) < 4.78 is 5.56. The van der Waals surface area contributed by atoms with Crippen LogP contribution in [0.1, 0.15) is 24.8 Å². The summed E-state index contributed by atoms with van der Waals surface area (Å²) in [6, 6.07) is 4.63. The molecule has 0 atom stereocenters. The second-order valence-electron chi connectivity index (χ2n) is 3.69. The first kappa shape index (κ1) is 14.5. The van der Waals surface area contributed by atoms with Gasteiger partial charge in [0.05, 0.1) is 17.6 Å². The van der Waals surface area contributed by atoms with Crippen molar-refractivity contribution in [2.24, 2.45) is 0 Å². The van der Waals surface area contributed by atoms with Crippen molar-refractivity contribution < 1.29 is 9.66 Å². The van der Waals surface area contributed by atoms with Gasteiger partial charge in [-0.3, -0.25) is 10.1 Å². The number of unbranched alkanes of at least 4 members (excludes halogenated alkanes) is 2. The van der Waals surface area contributed by atoms with Crippen LogP contribution in [0.4, 0.5) is 5.69 Å². The monoisotopic (exact) mass is 311 g/mol. The zero-order chi connectivity index (χ0) is 13.4. The second-order valence-corrected chi connectivity index (χ2v) is 4.25. The molecule has 18 heavy (non-hydrogen) atoms. The molecule has 0 aliphatic heterocycles. The number of ether oxygens (including phenoxy) is 1. The molecular weight excluding hydrogens is 298 g/mol. The topological polar surface area (TPSA) is 52.4 Å². The first-order chi connectivity index (χ1) is 8.69. The minimum atomic E-state index is -0.427. The molecule has 1 aromatic carbocycles. The van der Waals surface area contributed by atoms with E-state index >= 15 is 0 Å². The highest BCUT2D eigenvalue weighted by Crippen LogP contribution is 2.26.